The van der Waals surface area contributed by atoms with Crippen LogP contribution in [0.2, 0.25) is 0 Å². The van der Waals surface area contributed by atoms with Crippen LogP contribution in [0.1, 0.15) is 79.1 Å². The lowest BCUT2D eigenvalue weighted by Crippen LogP contribution is -2.32. The molecule has 0 N–H and O–H groups in total. The third kappa shape index (κ3) is 6.66. The summed E-state index contributed by atoms with van der Waals surface area (Å²) in [6.45, 7) is 8.71. The van der Waals surface area contributed by atoms with Crippen molar-refractivity contribution < 1.29 is 9.53 Å². The standard InChI is InChI=1S/C17H30O2/c1-5-9-12-15-17(13-10-6-2,14-11-7-3)16(18)19-8-4/h5-11,13-14H2,1-4H3. The first-order valence-electron chi connectivity index (χ1n) is 7.84. The lowest BCUT2D eigenvalue weighted by molar-refractivity contribution is -0.152. The molecule has 0 aromatic rings. The number of esters is 1. The zero-order chi connectivity index (χ0) is 14.6. The van der Waals surface area contributed by atoms with Gasteiger partial charge in [0, 0.05) is 6.42 Å². The van der Waals surface area contributed by atoms with Gasteiger partial charge in [-0.3, -0.25) is 4.79 Å². The molecule has 0 aromatic carbocycles. The predicted molar refractivity (Wildman–Crippen MR) is 80.8 cm³/mol. The molecular formula is C17H30O2. The van der Waals surface area contributed by atoms with Gasteiger partial charge in [0.1, 0.15) is 5.41 Å². The molecule has 0 aliphatic rings. The van der Waals surface area contributed by atoms with Crippen molar-refractivity contribution in [3.63, 3.8) is 0 Å². The van der Waals surface area contributed by atoms with Crippen LogP contribution in [-0.2, 0) is 9.53 Å². The zero-order valence-corrected chi connectivity index (χ0v) is 13.2. The van der Waals surface area contributed by atoms with Crippen LogP contribution in [0, 0.1) is 17.3 Å². The smallest absolute Gasteiger partial charge is 0.324 e. The maximum absolute atomic E-state index is 12.3. The Morgan fingerprint density at radius 1 is 1.00 bits per heavy atom. The molecule has 0 bridgehead atoms. The molecule has 19 heavy (non-hydrogen) atoms. The molecule has 0 aromatic heterocycles. The Labute approximate surface area is 119 Å². The van der Waals surface area contributed by atoms with Crippen LogP contribution >= 0.6 is 0 Å². The van der Waals surface area contributed by atoms with Crippen LogP contribution in [0.5, 0.6) is 0 Å². The van der Waals surface area contributed by atoms with Gasteiger partial charge in [0.05, 0.1) is 6.61 Å². The number of hydrogen-bond acceptors (Lipinski definition) is 2. The first-order chi connectivity index (χ1) is 9.16. The van der Waals surface area contributed by atoms with Gasteiger partial charge >= 0.3 is 5.97 Å². The van der Waals surface area contributed by atoms with Gasteiger partial charge < -0.3 is 4.74 Å². The minimum atomic E-state index is -0.558. The Hall–Kier alpha value is -0.970. The highest BCUT2D eigenvalue weighted by Crippen LogP contribution is 2.32. The summed E-state index contributed by atoms with van der Waals surface area (Å²) in [7, 11) is 0. The SMILES string of the molecule is CCCC#CC(CCCC)(CCCC)C(=O)OCC. The topological polar surface area (TPSA) is 26.3 Å². The molecule has 0 aliphatic heterocycles. The molecule has 0 spiro atoms. The Balaban J connectivity index is 5.07. The molecule has 0 radical (unpaired) electrons. The average molecular weight is 266 g/mol. The van der Waals surface area contributed by atoms with Gasteiger partial charge in [0.25, 0.3) is 0 Å². The molecule has 0 amide bonds. The molecule has 0 aliphatic carbocycles. The van der Waals surface area contributed by atoms with Crippen molar-refractivity contribution in [3.8, 4) is 11.8 Å². The highest BCUT2D eigenvalue weighted by atomic mass is 16.5. The van der Waals surface area contributed by atoms with Gasteiger partial charge in [0.2, 0.25) is 0 Å². The van der Waals surface area contributed by atoms with Gasteiger partial charge in [-0.2, -0.15) is 0 Å². The van der Waals surface area contributed by atoms with E-state index >= 15 is 0 Å². The number of rotatable bonds is 9. The summed E-state index contributed by atoms with van der Waals surface area (Å²) in [4.78, 5) is 12.3. The summed E-state index contributed by atoms with van der Waals surface area (Å²) < 4.78 is 5.29. The van der Waals surface area contributed by atoms with E-state index in [0.29, 0.717) is 6.61 Å². The minimum Gasteiger partial charge on any atom is -0.465 e. The summed E-state index contributed by atoms with van der Waals surface area (Å²) in [5.74, 6) is 6.34. The fraction of sp³-hybridized carbons (Fsp3) is 0.824. The highest BCUT2D eigenvalue weighted by molar-refractivity contribution is 5.80. The molecule has 0 atom stereocenters. The summed E-state index contributed by atoms with van der Waals surface area (Å²) in [6.07, 6.45) is 7.79. The van der Waals surface area contributed by atoms with Gasteiger partial charge in [-0.25, -0.2) is 0 Å². The second-order valence-corrected chi connectivity index (χ2v) is 5.06. The second-order valence-electron chi connectivity index (χ2n) is 5.06. The molecule has 0 unspecified atom stereocenters. The van der Waals surface area contributed by atoms with Crippen LogP contribution in [0.4, 0.5) is 0 Å². The maximum Gasteiger partial charge on any atom is 0.324 e. The van der Waals surface area contributed by atoms with Crippen molar-refractivity contribution in [2.45, 2.75) is 79.1 Å². The van der Waals surface area contributed by atoms with E-state index in [1.165, 1.54) is 0 Å². The number of carbonyl (C=O) groups excluding carboxylic acids is 1. The van der Waals surface area contributed by atoms with Gasteiger partial charge in [0.15, 0.2) is 0 Å². The van der Waals surface area contributed by atoms with Crippen molar-refractivity contribution in [1.29, 1.82) is 0 Å². The fourth-order valence-corrected chi connectivity index (χ4v) is 2.09. The van der Waals surface area contributed by atoms with E-state index in [-0.39, 0.29) is 5.97 Å². The van der Waals surface area contributed by atoms with Gasteiger partial charge in [-0.05, 0) is 26.2 Å². The van der Waals surface area contributed by atoms with Crippen LogP contribution in [0.15, 0.2) is 0 Å². The Bertz CT molecular complexity index is 288. The van der Waals surface area contributed by atoms with E-state index in [1.807, 2.05) is 6.92 Å². The molecule has 0 saturated heterocycles. The summed E-state index contributed by atoms with van der Waals surface area (Å²) >= 11 is 0. The number of carbonyl (C=O) groups is 1. The Morgan fingerprint density at radius 2 is 1.58 bits per heavy atom. The largest absolute Gasteiger partial charge is 0.465 e. The monoisotopic (exact) mass is 266 g/mol. The van der Waals surface area contributed by atoms with Gasteiger partial charge in [-0.15, -0.1) is 5.92 Å². The lowest BCUT2D eigenvalue weighted by atomic mass is 9.78. The summed E-state index contributed by atoms with van der Waals surface area (Å²) in [5, 5.41) is 0. The average Bonchev–Trinajstić information content (AvgIpc) is 2.42. The van der Waals surface area contributed by atoms with E-state index < -0.39 is 5.41 Å². The highest BCUT2D eigenvalue weighted by Gasteiger charge is 2.36. The molecule has 2 heteroatoms. The number of hydrogen-bond donors (Lipinski definition) is 0. The van der Waals surface area contributed by atoms with E-state index in [9.17, 15) is 4.79 Å². The third-order valence-electron chi connectivity index (χ3n) is 3.28. The lowest BCUT2D eigenvalue weighted by Gasteiger charge is -2.26. The Morgan fingerprint density at radius 3 is 2.00 bits per heavy atom. The molecule has 0 rings (SSSR count). The normalized spacial score (nSPS) is 10.7. The molecule has 0 fully saturated rings. The predicted octanol–water partition coefficient (Wildman–Crippen LogP) is 4.72. The van der Waals surface area contributed by atoms with Crippen LogP contribution in [-0.4, -0.2) is 12.6 Å². The van der Waals surface area contributed by atoms with Crippen molar-refractivity contribution in [3.05, 3.63) is 0 Å². The number of unbranched alkanes of at least 4 members (excludes halogenated alkanes) is 3. The van der Waals surface area contributed by atoms with E-state index in [1.54, 1.807) is 0 Å². The summed E-state index contributed by atoms with van der Waals surface area (Å²) in [5.41, 5.74) is -0.558. The zero-order valence-electron chi connectivity index (χ0n) is 13.2. The number of ether oxygens (including phenoxy) is 1. The summed E-state index contributed by atoms with van der Waals surface area (Å²) in [6, 6.07) is 0. The fourth-order valence-electron chi connectivity index (χ4n) is 2.09. The second kappa shape index (κ2) is 10.9. The molecule has 0 heterocycles. The first-order valence-corrected chi connectivity index (χ1v) is 7.84. The van der Waals surface area contributed by atoms with E-state index in [0.717, 1.165) is 51.4 Å². The van der Waals surface area contributed by atoms with Crippen molar-refractivity contribution in [1.82, 2.24) is 0 Å². The molecular weight excluding hydrogens is 236 g/mol. The molecule has 110 valence electrons. The van der Waals surface area contributed by atoms with Crippen molar-refractivity contribution in [2.75, 3.05) is 6.61 Å². The molecule has 2 nitrogen and oxygen atoms in total. The van der Waals surface area contributed by atoms with E-state index in [2.05, 4.69) is 32.6 Å². The third-order valence-corrected chi connectivity index (χ3v) is 3.28. The van der Waals surface area contributed by atoms with Crippen LogP contribution in [0.3, 0.4) is 0 Å². The van der Waals surface area contributed by atoms with E-state index in [4.69, 9.17) is 4.74 Å². The van der Waals surface area contributed by atoms with Crippen molar-refractivity contribution >= 4 is 5.97 Å². The quantitative estimate of drug-likeness (QED) is 0.446. The van der Waals surface area contributed by atoms with Crippen LogP contribution in [0.25, 0.3) is 0 Å². The van der Waals surface area contributed by atoms with Crippen molar-refractivity contribution in [2.24, 2.45) is 5.41 Å². The first kappa shape index (κ1) is 18.0. The van der Waals surface area contributed by atoms with Crippen LogP contribution < -0.4 is 0 Å². The minimum absolute atomic E-state index is 0.111. The Kier molecular flexibility index (Phi) is 10.4. The van der Waals surface area contributed by atoms with Gasteiger partial charge in [-0.1, -0.05) is 52.4 Å². The molecule has 0 saturated carbocycles. The maximum atomic E-state index is 12.3.